The Kier molecular flexibility index (Phi) is 4.98. The second-order valence-electron chi connectivity index (χ2n) is 4.89. The SMILES string of the molecule is COc1ccc(NC(=O)CC(=O)N2CCCCC2)cc1. The molecule has 0 saturated carbocycles. The van der Waals surface area contributed by atoms with E-state index in [1.165, 1.54) is 6.42 Å². The third-order valence-corrected chi connectivity index (χ3v) is 3.39. The Morgan fingerprint density at radius 3 is 2.40 bits per heavy atom. The largest absolute Gasteiger partial charge is 0.497 e. The zero-order valence-electron chi connectivity index (χ0n) is 11.7. The van der Waals surface area contributed by atoms with E-state index in [2.05, 4.69) is 5.32 Å². The van der Waals surface area contributed by atoms with Crippen LogP contribution in [0.1, 0.15) is 25.7 Å². The minimum absolute atomic E-state index is 0.0873. The van der Waals surface area contributed by atoms with Crippen molar-refractivity contribution in [3.05, 3.63) is 24.3 Å². The number of piperidine rings is 1. The average molecular weight is 276 g/mol. The van der Waals surface area contributed by atoms with Crippen LogP contribution in [0.4, 0.5) is 5.69 Å². The number of amides is 2. The van der Waals surface area contributed by atoms with E-state index in [4.69, 9.17) is 4.74 Å². The molecule has 5 nitrogen and oxygen atoms in total. The van der Waals surface area contributed by atoms with Crippen LogP contribution >= 0.6 is 0 Å². The zero-order chi connectivity index (χ0) is 14.4. The summed E-state index contributed by atoms with van der Waals surface area (Å²) in [6.45, 7) is 1.54. The Balaban J connectivity index is 1.83. The van der Waals surface area contributed by atoms with E-state index in [0.717, 1.165) is 31.7 Å². The number of ether oxygens (including phenoxy) is 1. The molecule has 1 aromatic carbocycles. The van der Waals surface area contributed by atoms with Crippen LogP contribution in [0.3, 0.4) is 0 Å². The number of hydrogen-bond acceptors (Lipinski definition) is 3. The van der Waals surface area contributed by atoms with Crippen molar-refractivity contribution >= 4 is 17.5 Å². The Labute approximate surface area is 118 Å². The maximum Gasteiger partial charge on any atom is 0.233 e. The molecular formula is C15H20N2O3. The van der Waals surface area contributed by atoms with Crippen LogP contribution < -0.4 is 10.1 Å². The first kappa shape index (κ1) is 14.4. The topological polar surface area (TPSA) is 58.6 Å². The third kappa shape index (κ3) is 3.98. The highest BCUT2D eigenvalue weighted by Gasteiger charge is 2.19. The summed E-state index contributed by atoms with van der Waals surface area (Å²) < 4.78 is 5.04. The number of carbonyl (C=O) groups excluding carboxylic acids is 2. The molecule has 0 radical (unpaired) electrons. The minimum atomic E-state index is -0.272. The molecule has 20 heavy (non-hydrogen) atoms. The van der Waals surface area contributed by atoms with Crippen molar-refractivity contribution in [3.8, 4) is 5.75 Å². The smallest absolute Gasteiger partial charge is 0.233 e. The summed E-state index contributed by atoms with van der Waals surface area (Å²) in [7, 11) is 1.59. The van der Waals surface area contributed by atoms with Crippen molar-refractivity contribution in [1.29, 1.82) is 0 Å². The molecule has 2 amide bonds. The quantitative estimate of drug-likeness (QED) is 0.856. The van der Waals surface area contributed by atoms with Gasteiger partial charge in [-0.05, 0) is 43.5 Å². The third-order valence-electron chi connectivity index (χ3n) is 3.39. The molecule has 1 aliphatic rings. The van der Waals surface area contributed by atoms with E-state index >= 15 is 0 Å². The molecule has 1 N–H and O–H groups in total. The van der Waals surface area contributed by atoms with Crippen LogP contribution in [0.15, 0.2) is 24.3 Å². The summed E-state index contributed by atoms with van der Waals surface area (Å²) in [5.74, 6) is 0.369. The van der Waals surface area contributed by atoms with Gasteiger partial charge < -0.3 is 15.0 Å². The van der Waals surface area contributed by atoms with Gasteiger partial charge in [0.05, 0.1) is 7.11 Å². The van der Waals surface area contributed by atoms with Gasteiger partial charge in [-0.1, -0.05) is 0 Å². The maximum absolute atomic E-state index is 11.9. The predicted molar refractivity (Wildman–Crippen MR) is 76.7 cm³/mol. The number of benzene rings is 1. The molecule has 0 atom stereocenters. The van der Waals surface area contributed by atoms with Gasteiger partial charge in [0.2, 0.25) is 11.8 Å². The van der Waals surface area contributed by atoms with Crippen molar-refractivity contribution in [3.63, 3.8) is 0 Å². The predicted octanol–water partition coefficient (Wildman–Crippen LogP) is 2.04. The molecule has 0 aliphatic carbocycles. The normalized spacial score (nSPS) is 14.8. The lowest BCUT2D eigenvalue weighted by molar-refractivity contribution is -0.135. The van der Waals surface area contributed by atoms with E-state index in [9.17, 15) is 9.59 Å². The van der Waals surface area contributed by atoms with Crippen molar-refractivity contribution < 1.29 is 14.3 Å². The zero-order valence-corrected chi connectivity index (χ0v) is 11.7. The summed E-state index contributed by atoms with van der Waals surface area (Å²) in [4.78, 5) is 25.5. The van der Waals surface area contributed by atoms with Gasteiger partial charge in [0.1, 0.15) is 12.2 Å². The van der Waals surface area contributed by atoms with Crippen molar-refractivity contribution in [1.82, 2.24) is 4.90 Å². The number of methoxy groups -OCH3 is 1. The lowest BCUT2D eigenvalue weighted by atomic mass is 10.1. The fourth-order valence-corrected chi connectivity index (χ4v) is 2.27. The molecule has 1 heterocycles. The molecule has 0 aromatic heterocycles. The number of anilines is 1. The van der Waals surface area contributed by atoms with Crippen LogP contribution in [0.5, 0.6) is 5.75 Å². The Morgan fingerprint density at radius 1 is 1.15 bits per heavy atom. The summed E-state index contributed by atoms with van der Waals surface area (Å²) >= 11 is 0. The molecule has 108 valence electrons. The molecule has 5 heteroatoms. The molecule has 1 aromatic rings. The maximum atomic E-state index is 11.9. The van der Waals surface area contributed by atoms with Crippen LogP contribution in [0.25, 0.3) is 0 Å². The van der Waals surface area contributed by atoms with E-state index in [0.29, 0.717) is 5.69 Å². The van der Waals surface area contributed by atoms with Gasteiger partial charge >= 0.3 is 0 Å². The molecule has 0 unspecified atom stereocenters. The fourth-order valence-electron chi connectivity index (χ4n) is 2.27. The molecule has 1 fully saturated rings. The minimum Gasteiger partial charge on any atom is -0.497 e. The van der Waals surface area contributed by atoms with Gasteiger partial charge in [-0.15, -0.1) is 0 Å². The molecule has 2 rings (SSSR count). The lowest BCUT2D eigenvalue weighted by Crippen LogP contribution is -2.37. The molecule has 1 saturated heterocycles. The van der Waals surface area contributed by atoms with Crippen LogP contribution in [-0.2, 0) is 9.59 Å². The van der Waals surface area contributed by atoms with Crippen molar-refractivity contribution in [2.24, 2.45) is 0 Å². The number of rotatable bonds is 4. The molecular weight excluding hydrogens is 256 g/mol. The monoisotopic (exact) mass is 276 g/mol. The first-order valence-corrected chi connectivity index (χ1v) is 6.91. The Bertz CT molecular complexity index is 465. The molecule has 0 bridgehead atoms. The summed E-state index contributed by atoms with van der Waals surface area (Å²) in [5, 5.41) is 2.72. The summed E-state index contributed by atoms with van der Waals surface area (Å²) in [6, 6.07) is 7.04. The van der Waals surface area contributed by atoms with E-state index in [1.54, 1.807) is 36.3 Å². The van der Waals surface area contributed by atoms with E-state index in [1.807, 2.05) is 0 Å². The number of likely N-dealkylation sites (tertiary alicyclic amines) is 1. The first-order chi connectivity index (χ1) is 9.69. The van der Waals surface area contributed by atoms with Crippen molar-refractivity contribution in [2.75, 3.05) is 25.5 Å². The van der Waals surface area contributed by atoms with Gasteiger partial charge in [-0.2, -0.15) is 0 Å². The van der Waals surface area contributed by atoms with Gasteiger partial charge in [0.15, 0.2) is 0 Å². The standard InChI is InChI=1S/C15H20N2O3/c1-20-13-7-5-12(6-8-13)16-14(18)11-15(19)17-9-3-2-4-10-17/h5-8H,2-4,9-11H2,1H3,(H,16,18). The van der Waals surface area contributed by atoms with Gasteiger partial charge in [0.25, 0.3) is 0 Å². The number of nitrogens with one attached hydrogen (secondary N) is 1. The first-order valence-electron chi connectivity index (χ1n) is 6.91. The van der Waals surface area contributed by atoms with E-state index in [-0.39, 0.29) is 18.2 Å². The van der Waals surface area contributed by atoms with Gasteiger partial charge in [0, 0.05) is 18.8 Å². The highest BCUT2D eigenvalue weighted by atomic mass is 16.5. The Hall–Kier alpha value is -2.04. The summed E-state index contributed by atoms with van der Waals surface area (Å²) in [5.41, 5.74) is 0.669. The van der Waals surface area contributed by atoms with Gasteiger partial charge in [-0.25, -0.2) is 0 Å². The lowest BCUT2D eigenvalue weighted by Gasteiger charge is -2.26. The number of nitrogens with zero attached hydrogens (tertiary/aromatic N) is 1. The van der Waals surface area contributed by atoms with E-state index < -0.39 is 0 Å². The highest BCUT2D eigenvalue weighted by molar-refractivity contribution is 6.03. The van der Waals surface area contributed by atoms with Gasteiger partial charge in [-0.3, -0.25) is 9.59 Å². The Morgan fingerprint density at radius 2 is 1.80 bits per heavy atom. The average Bonchev–Trinajstić information content (AvgIpc) is 2.49. The van der Waals surface area contributed by atoms with Crippen LogP contribution in [0.2, 0.25) is 0 Å². The molecule has 0 spiro atoms. The number of hydrogen-bond donors (Lipinski definition) is 1. The molecule has 1 aliphatic heterocycles. The number of carbonyl (C=O) groups is 2. The fraction of sp³-hybridized carbons (Fsp3) is 0.467. The second kappa shape index (κ2) is 6.93. The second-order valence-corrected chi connectivity index (χ2v) is 4.89. The van der Waals surface area contributed by atoms with Crippen LogP contribution in [0, 0.1) is 0 Å². The summed E-state index contributed by atoms with van der Waals surface area (Å²) in [6.07, 6.45) is 3.14. The van der Waals surface area contributed by atoms with Crippen LogP contribution in [-0.4, -0.2) is 36.9 Å². The van der Waals surface area contributed by atoms with Crippen molar-refractivity contribution in [2.45, 2.75) is 25.7 Å². The highest BCUT2D eigenvalue weighted by Crippen LogP contribution is 2.15.